The summed E-state index contributed by atoms with van der Waals surface area (Å²) in [5, 5.41) is 2.75. The second-order valence-electron chi connectivity index (χ2n) is 4.93. The van der Waals surface area contributed by atoms with Gasteiger partial charge in [0.1, 0.15) is 6.61 Å². The molecule has 0 aromatic rings. The van der Waals surface area contributed by atoms with Gasteiger partial charge < -0.3 is 26.3 Å². The van der Waals surface area contributed by atoms with Crippen molar-refractivity contribution in [3.8, 4) is 0 Å². The Balaban J connectivity index is 3.33. The van der Waals surface area contributed by atoms with Gasteiger partial charge in [-0.15, -0.1) is 0 Å². The Hall–Kier alpha value is -1.18. The SMILES string of the molecule is CC(C)[C@@H](N)CCC(=O)NCCOCCOCC(N)=O. The number of carbonyl (C=O) groups is 2. The van der Waals surface area contributed by atoms with Gasteiger partial charge in [-0.05, 0) is 12.3 Å². The van der Waals surface area contributed by atoms with Crippen molar-refractivity contribution in [1.82, 2.24) is 5.32 Å². The van der Waals surface area contributed by atoms with Gasteiger partial charge >= 0.3 is 0 Å². The van der Waals surface area contributed by atoms with Crippen molar-refractivity contribution in [3.05, 3.63) is 0 Å². The fourth-order valence-electron chi connectivity index (χ4n) is 1.37. The third-order valence-electron chi connectivity index (χ3n) is 2.75. The van der Waals surface area contributed by atoms with Gasteiger partial charge in [0.05, 0.1) is 19.8 Å². The van der Waals surface area contributed by atoms with Gasteiger partial charge in [-0.2, -0.15) is 0 Å². The molecule has 0 aromatic heterocycles. The number of ether oxygens (including phenoxy) is 2. The highest BCUT2D eigenvalue weighted by atomic mass is 16.5. The second-order valence-corrected chi connectivity index (χ2v) is 4.93. The van der Waals surface area contributed by atoms with Crippen LogP contribution in [0.25, 0.3) is 0 Å². The van der Waals surface area contributed by atoms with Gasteiger partial charge in [0.15, 0.2) is 0 Å². The summed E-state index contributed by atoms with van der Waals surface area (Å²) in [5.41, 5.74) is 10.8. The molecule has 0 saturated heterocycles. The molecule has 0 saturated carbocycles. The first-order chi connectivity index (χ1) is 9.43. The molecular formula is C13H27N3O4. The number of nitrogens with one attached hydrogen (secondary N) is 1. The molecule has 0 spiro atoms. The van der Waals surface area contributed by atoms with Gasteiger partial charge in [-0.25, -0.2) is 0 Å². The topological polar surface area (TPSA) is 117 Å². The van der Waals surface area contributed by atoms with Crippen LogP contribution in [0.3, 0.4) is 0 Å². The molecular weight excluding hydrogens is 262 g/mol. The second kappa shape index (κ2) is 11.6. The maximum absolute atomic E-state index is 11.5. The molecule has 0 unspecified atom stereocenters. The predicted molar refractivity (Wildman–Crippen MR) is 75.9 cm³/mol. The van der Waals surface area contributed by atoms with E-state index in [9.17, 15) is 9.59 Å². The van der Waals surface area contributed by atoms with Crippen molar-refractivity contribution < 1.29 is 19.1 Å². The van der Waals surface area contributed by atoms with Crippen LogP contribution in [0, 0.1) is 5.92 Å². The number of primary amides is 1. The van der Waals surface area contributed by atoms with E-state index >= 15 is 0 Å². The van der Waals surface area contributed by atoms with Crippen molar-refractivity contribution in [2.45, 2.75) is 32.7 Å². The molecule has 1 atom stereocenters. The largest absolute Gasteiger partial charge is 0.377 e. The third kappa shape index (κ3) is 11.9. The Morgan fingerprint density at radius 1 is 1.15 bits per heavy atom. The summed E-state index contributed by atoms with van der Waals surface area (Å²) in [6, 6.07) is 0.0550. The lowest BCUT2D eigenvalue weighted by atomic mass is 10.0. The minimum absolute atomic E-state index is 0.0188. The zero-order chi connectivity index (χ0) is 15.4. The number of hydrogen-bond acceptors (Lipinski definition) is 5. The highest BCUT2D eigenvalue weighted by Gasteiger charge is 2.09. The van der Waals surface area contributed by atoms with E-state index < -0.39 is 5.91 Å². The van der Waals surface area contributed by atoms with Gasteiger partial charge in [-0.1, -0.05) is 13.8 Å². The Morgan fingerprint density at radius 3 is 2.40 bits per heavy atom. The van der Waals surface area contributed by atoms with E-state index in [4.69, 9.17) is 20.9 Å². The highest BCUT2D eigenvalue weighted by molar-refractivity contribution is 5.75. The summed E-state index contributed by atoms with van der Waals surface area (Å²) in [5.74, 6) is -0.141. The zero-order valence-electron chi connectivity index (χ0n) is 12.4. The van der Waals surface area contributed by atoms with E-state index in [0.29, 0.717) is 45.1 Å². The lowest BCUT2D eigenvalue weighted by molar-refractivity contribution is -0.123. The quantitative estimate of drug-likeness (QED) is 0.414. The third-order valence-corrected chi connectivity index (χ3v) is 2.75. The summed E-state index contributed by atoms with van der Waals surface area (Å²) in [6.07, 6.45) is 1.12. The monoisotopic (exact) mass is 289 g/mol. The van der Waals surface area contributed by atoms with Gasteiger partial charge in [0, 0.05) is 19.0 Å². The first-order valence-corrected chi connectivity index (χ1v) is 6.89. The Bertz CT molecular complexity index is 285. The van der Waals surface area contributed by atoms with Crippen LogP contribution in [0.5, 0.6) is 0 Å². The first-order valence-electron chi connectivity index (χ1n) is 6.89. The highest BCUT2D eigenvalue weighted by Crippen LogP contribution is 2.04. The normalized spacial score (nSPS) is 12.4. The molecule has 2 amide bonds. The predicted octanol–water partition coefficient (Wildman–Crippen LogP) is -0.615. The molecule has 7 nitrogen and oxygen atoms in total. The zero-order valence-corrected chi connectivity index (χ0v) is 12.4. The molecule has 0 fully saturated rings. The van der Waals surface area contributed by atoms with Crippen molar-refractivity contribution in [2.75, 3.05) is 33.0 Å². The summed E-state index contributed by atoms with van der Waals surface area (Å²) < 4.78 is 10.1. The van der Waals surface area contributed by atoms with Crippen molar-refractivity contribution >= 4 is 11.8 Å². The molecule has 0 aromatic carbocycles. The van der Waals surface area contributed by atoms with Crippen molar-refractivity contribution in [3.63, 3.8) is 0 Å². The van der Waals surface area contributed by atoms with E-state index in [-0.39, 0.29) is 18.6 Å². The van der Waals surface area contributed by atoms with Gasteiger partial charge in [0.25, 0.3) is 0 Å². The van der Waals surface area contributed by atoms with Crippen LogP contribution in [-0.4, -0.2) is 50.8 Å². The number of rotatable bonds is 12. The number of amides is 2. The molecule has 0 rings (SSSR count). The number of nitrogens with two attached hydrogens (primary N) is 2. The van der Waals surface area contributed by atoms with E-state index in [1.807, 2.05) is 13.8 Å². The number of hydrogen-bond donors (Lipinski definition) is 3. The summed E-state index contributed by atoms with van der Waals surface area (Å²) >= 11 is 0. The average molecular weight is 289 g/mol. The Morgan fingerprint density at radius 2 is 1.80 bits per heavy atom. The van der Waals surface area contributed by atoms with Crippen molar-refractivity contribution in [2.24, 2.45) is 17.4 Å². The minimum Gasteiger partial charge on any atom is -0.377 e. The molecule has 0 aliphatic rings. The molecule has 20 heavy (non-hydrogen) atoms. The summed E-state index contributed by atoms with van der Waals surface area (Å²) in [6.45, 7) is 5.50. The molecule has 7 heteroatoms. The van der Waals surface area contributed by atoms with Crippen molar-refractivity contribution in [1.29, 1.82) is 0 Å². The molecule has 5 N–H and O–H groups in total. The number of carbonyl (C=O) groups excluding carboxylic acids is 2. The fraction of sp³-hybridized carbons (Fsp3) is 0.846. The van der Waals surface area contributed by atoms with E-state index in [2.05, 4.69) is 5.32 Å². The van der Waals surface area contributed by atoms with E-state index in [1.54, 1.807) is 0 Å². The summed E-state index contributed by atoms with van der Waals surface area (Å²) in [4.78, 5) is 21.8. The Labute approximate surface area is 120 Å². The Kier molecular flexibility index (Phi) is 10.9. The lowest BCUT2D eigenvalue weighted by Gasteiger charge is -2.14. The first kappa shape index (κ1) is 18.8. The maximum Gasteiger partial charge on any atom is 0.243 e. The molecule has 0 aliphatic carbocycles. The minimum atomic E-state index is -0.503. The molecule has 0 radical (unpaired) electrons. The van der Waals surface area contributed by atoms with Crippen LogP contribution in [0.1, 0.15) is 26.7 Å². The molecule has 0 aliphatic heterocycles. The van der Waals surface area contributed by atoms with Crippen LogP contribution in [0.2, 0.25) is 0 Å². The average Bonchev–Trinajstić information content (AvgIpc) is 2.38. The molecule has 0 heterocycles. The molecule has 0 bridgehead atoms. The van der Waals surface area contributed by atoms with Gasteiger partial charge in [-0.3, -0.25) is 9.59 Å². The fourth-order valence-corrected chi connectivity index (χ4v) is 1.37. The van der Waals surface area contributed by atoms with Crippen LogP contribution in [0.4, 0.5) is 0 Å². The van der Waals surface area contributed by atoms with Crippen LogP contribution in [-0.2, 0) is 19.1 Å². The van der Waals surface area contributed by atoms with E-state index in [0.717, 1.165) is 0 Å². The van der Waals surface area contributed by atoms with Crippen LogP contribution in [0.15, 0.2) is 0 Å². The van der Waals surface area contributed by atoms with E-state index in [1.165, 1.54) is 0 Å². The lowest BCUT2D eigenvalue weighted by Crippen LogP contribution is -2.31. The molecule has 118 valence electrons. The van der Waals surface area contributed by atoms with Crippen LogP contribution >= 0.6 is 0 Å². The summed E-state index contributed by atoms with van der Waals surface area (Å²) in [7, 11) is 0. The smallest absolute Gasteiger partial charge is 0.243 e. The van der Waals surface area contributed by atoms with Crippen LogP contribution < -0.4 is 16.8 Å². The van der Waals surface area contributed by atoms with Gasteiger partial charge in [0.2, 0.25) is 11.8 Å². The standard InChI is InChI=1S/C13H27N3O4/c1-10(2)11(14)3-4-13(18)16-5-6-19-7-8-20-9-12(15)17/h10-11H,3-9,14H2,1-2H3,(H2,15,17)(H,16,18)/t11-/m0/s1. The maximum atomic E-state index is 11.5.